The van der Waals surface area contributed by atoms with Gasteiger partial charge in [0.05, 0.1) is 18.9 Å². The van der Waals surface area contributed by atoms with Crippen LogP contribution in [0.15, 0.2) is 18.5 Å². The fourth-order valence-corrected chi connectivity index (χ4v) is 1.85. The van der Waals surface area contributed by atoms with Gasteiger partial charge in [0.15, 0.2) is 0 Å². The van der Waals surface area contributed by atoms with Gasteiger partial charge >= 0.3 is 0 Å². The molecule has 1 N–H and O–H groups in total. The summed E-state index contributed by atoms with van der Waals surface area (Å²) < 4.78 is 5.52. The Bertz CT molecular complexity index is 328. The molecule has 0 fully saturated rings. The molecule has 0 saturated carbocycles. The van der Waals surface area contributed by atoms with E-state index in [0.29, 0.717) is 6.61 Å². The van der Waals surface area contributed by atoms with Crippen molar-refractivity contribution in [2.24, 2.45) is 0 Å². The second-order valence-corrected chi connectivity index (χ2v) is 4.67. The number of aliphatic hydroxyl groups excluding tert-OH is 1. The lowest BCUT2D eigenvalue weighted by Gasteiger charge is -2.12. The maximum absolute atomic E-state index is 10.1. The van der Waals surface area contributed by atoms with E-state index in [1.165, 1.54) is 19.3 Å². The minimum atomic E-state index is -0.417. The Morgan fingerprint density at radius 1 is 1.17 bits per heavy atom. The molecule has 1 rings (SSSR count). The highest BCUT2D eigenvalue weighted by Crippen LogP contribution is 2.22. The van der Waals surface area contributed by atoms with Crippen LogP contribution in [0.4, 0.5) is 0 Å². The highest BCUT2D eigenvalue weighted by molar-refractivity contribution is 5.25. The van der Waals surface area contributed by atoms with Crippen LogP contribution in [-0.2, 0) is 0 Å². The van der Waals surface area contributed by atoms with E-state index in [2.05, 4.69) is 18.8 Å². The summed E-state index contributed by atoms with van der Waals surface area (Å²) in [4.78, 5) is 4.12. The highest BCUT2D eigenvalue weighted by Gasteiger charge is 2.08. The number of nitrogens with zero attached hydrogens (tertiary/aromatic N) is 1. The van der Waals surface area contributed by atoms with Crippen LogP contribution in [0.25, 0.3) is 0 Å². The number of rotatable bonds is 9. The molecule has 1 heterocycles. The average molecular weight is 251 g/mol. The van der Waals surface area contributed by atoms with Crippen molar-refractivity contribution >= 4 is 0 Å². The van der Waals surface area contributed by atoms with Gasteiger partial charge in [0.25, 0.3) is 0 Å². The first-order chi connectivity index (χ1) is 8.77. The molecule has 1 aromatic rings. The van der Waals surface area contributed by atoms with E-state index in [-0.39, 0.29) is 0 Å². The van der Waals surface area contributed by atoms with E-state index < -0.39 is 6.10 Å². The Balaban J connectivity index is 2.43. The monoisotopic (exact) mass is 251 g/mol. The molecular weight excluding hydrogens is 226 g/mol. The summed E-state index contributed by atoms with van der Waals surface area (Å²) >= 11 is 0. The van der Waals surface area contributed by atoms with E-state index in [9.17, 15) is 5.11 Å². The van der Waals surface area contributed by atoms with Gasteiger partial charge in [0.2, 0.25) is 0 Å². The Hall–Kier alpha value is -1.09. The van der Waals surface area contributed by atoms with E-state index in [0.717, 1.165) is 30.6 Å². The quantitative estimate of drug-likeness (QED) is 0.677. The maximum Gasteiger partial charge on any atom is 0.137 e. The molecule has 0 aliphatic rings. The predicted molar refractivity (Wildman–Crippen MR) is 73.7 cm³/mol. The predicted octanol–water partition coefficient (Wildman–Crippen LogP) is 3.87. The third kappa shape index (κ3) is 5.50. The summed E-state index contributed by atoms with van der Waals surface area (Å²) in [7, 11) is 0. The lowest BCUT2D eigenvalue weighted by Crippen LogP contribution is -2.01. The zero-order chi connectivity index (χ0) is 13.2. The molecule has 0 aromatic carbocycles. The zero-order valence-corrected chi connectivity index (χ0v) is 11.6. The van der Waals surface area contributed by atoms with Crippen molar-refractivity contribution < 1.29 is 9.84 Å². The number of pyridine rings is 1. The molecule has 0 aliphatic heterocycles. The van der Waals surface area contributed by atoms with E-state index >= 15 is 0 Å². The van der Waals surface area contributed by atoms with Crippen molar-refractivity contribution in [3.8, 4) is 5.75 Å². The molecule has 0 bridgehead atoms. The van der Waals surface area contributed by atoms with Crippen LogP contribution in [0.5, 0.6) is 5.75 Å². The van der Waals surface area contributed by atoms with Crippen molar-refractivity contribution in [1.29, 1.82) is 0 Å². The topological polar surface area (TPSA) is 42.4 Å². The van der Waals surface area contributed by atoms with Crippen molar-refractivity contribution in [3.05, 3.63) is 24.0 Å². The van der Waals surface area contributed by atoms with E-state index in [1.807, 2.05) is 6.07 Å². The van der Waals surface area contributed by atoms with Gasteiger partial charge in [-0.3, -0.25) is 4.98 Å². The summed E-state index contributed by atoms with van der Waals surface area (Å²) in [6, 6.07) is 1.90. The number of aliphatic hydroxyl groups is 1. The lowest BCUT2D eigenvalue weighted by molar-refractivity contribution is 0.162. The molecule has 1 atom stereocenters. The Morgan fingerprint density at radius 2 is 2.00 bits per heavy atom. The summed E-state index contributed by atoms with van der Waals surface area (Å²) in [5.74, 6) is 0.752. The SMILES string of the molecule is CCCCCCC(O)c1cncc(OCCC)c1. The summed E-state index contributed by atoms with van der Waals surface area (Å²) in [5, 5.41) is 10.1. The van der Waals surface area contributed by atoms with Gasteiger partial charge in [-0.2, -0.15) is 0 Å². The third-order valence-electron chi connectivity index (χ3n) is 2.92. The molecule has 3 nitrogen and oxygen atoms in total. The molecule has 102 valence electrons. The summed E-state index contributed by atoms with van der Waals surface area (Å²) in [6.07, 6.45) is 9.50. The van der Waals surface area contributed by atoms with Crippen LogP contribution in [0.2, 0.25) is 0 Å². The first kappa shape index (κ1) is 15.0. The van der Waals surface area contributed by atoms with Gasteiger partial charge in [0, 0.05) is 11.8 Å². The van der Waals surface area contributed by atoms with Crippen LogP contribution in [0.1, 0.15) is 64.0 Å². The van der Waals surface area contributed by atoms with Crippen LogP contribution < -0.4 is 4.74 Å². The van der Waals surface area contributed by atoms with Gasteiger partial charge in [-0.05, 0) is 18.9 Å². The van der Waals surface area contributed by atoms with Gasteiger partial charge in [-0.15, -0.1) is 0 Å². The van der Waals surface area contributed by atoms with Crippen LogP contribution >= 0.6 is 0 Å². The molecule has 0 saturated heterocycles. The number of hydrogen-bond donors (Lipinski definition) is 1. The largest absolute Gasteiger partial charge is 0.492 e. The van der Waals surface area contributed by atoms with Crippen LogP contribution in [0.3, 0.4) is 0 Å². The fraction of sp³-hybridized carbons (Fsp3) is 0.667. The van der Waals surface area contributed by atoms with Gasteiger partial charge in [-0.1, -0.05) is 39.5 Å². The number of unbranched alkanes of at least 4 members (excludes halogenated alkanes) is 3. The molecule has 0 radical (unpaired) electrons. The van der Waals surface area contributed by atoms with Gasteiger partial charge in [-0.25, -0.2) is 0 Å². The smallest absolute Gasteiger partial charge is 0.137 e. The zero-order valence-electron chi connectivity index (χ0n) is 11.6. The molecular formula is C15H25NO2. The molecule has 1 unspecified atom stereocenters. The normalized spacial score (nSPS) is 12.4. The second-order valence-electron chi connectivity index (χ2n) is 4.67. The maximum atomic E-state index is 10.1. The number of aromatic nitrogens is 1. The molecule has 1 aromatic heterocycles. The molecule has 0 aliphatic carbocycles. The minimum absolute atomic E-state index is 0.417. The van der Waals surface area contributed by atoms with Crippen molar-refractivity contribution in [2.45, 2.75) is 58.5 Å². The number of hydrogen-bond acceptors (Lipinski definition) is 3. The Morgan fingerprint density at radius 3 is 2.72 bits per heavy atom. The Labute approximate surface area is 110 Å². The van der Waals surface area contributed by atoms with E-state index in [4.69, 9.17) is 4.74 Å². The average Bonchev–Trinajstić information content (AvgIpc) is 2.41. The molecule has 0 amide bonds. The lowest BCUT2D eigenvalue weighted by atomic mass is 10.0. The van der Waals surface area contributed by atoms with Crippen LogP contribution in [-0.4, -0.2) is 16.7 Å². The van der Waals surface area contributed by atoms with Crippen molar-refractivity contribution in [3.63, 3.8) is 0 Å². The van der Waals surface area contributed by atoms with Crippen LogP contribution in [0, 0.1) is 0 Å². The van der Waals surface area contributed by atoms with Gasteiger partial charge in [0.1, 0.15) is 5.75 Å². The molecule has 18 heavy (non-hydrogen) atoms. The Kier molecular flexibility index (Phi) is 7.42. The number of ether oxygens (including phenoxy) is 1. The van der Waals surface area contributed by atoms with Crippen molar-refractivity contribution in [2.75, 3.05) is 6.61 Å². The summed E-state index contributed by atoms with van der Waals surface area (Å²) in [6.45, 7) is 4.95. The summed E-state index contributed by atoms with van der Waals surface area (Å²) in [5.41, 5.74) is 0.861. The second kappa shape index (κ2) is 8.92. The first-order valence-corrected chi connectivity index (χ1v) is 7.03. The molecule has 0 spiro atoms. The van der Waals surface area contributed by atoms with Crippen molar-refractivity contribution in [1.82, 2.24) is 4.98 Å². The minimum Gasteiger partial charge on any atom is -0.492 e. The first-order valence-electron chi connectivity index (χ1n) is 7.03. The van der Waals surface area contributed by atoms with Gasteiger partial charge < -0.3 is 9.84 Å². The standard InChI is InChI=1S/C15H25NO2/c1-3-5-6-7-8-15(17)13-10-14(12-16-11-13)18-9-4-2/h10-12,15,17H,3-9H2,1-2H3. The third-order valence-corrected chi connectivity index (χ3v) is 2.92. The molecule has 3 heteroatoms. The van der Waals surface area contributed by atoms with E-state index in [1.54, 1.807) is 12.4 Å². The fourth-order valence-electron chi connectivity index (χ4n) is 1.85. The highest BCUT2D eigenvalue weighted by atomic mass is 16.5.